The van der Waals surface area contributed by atoms with Crippen molar-refractivity contribution in [2.75, 3.05) is 17.7 Å². The molecule has 0 saturated carbocycles. The second-order valence-corrected chi connectivity index (χ2v) is 7.62. The van der Waals surface area contributed by atoms with E-state index in [1.54, 1.807) is 0 Å². The van der Waals surface area contributed by atoms with E-state index in [2.05, 4.69) is 29.6 Å². The summed E-state index contributed by atoms with van der Waals surface area (Å²) in [6, 6.07) is 16.1. The van der Waals surface area contributed by atoms with Crippen LogP contribution in [0.15, 0.2) is 53.4 Å². The number of hydrogen-bond donors (Lipinski definition) is 1. The van der Waals surface area contributed by atoms with E-state index in [1.807, 2.05) is 49.9 Å². The smallest absolute Gasteiger partial charge is 0.412 e. The summed E-state index contributed by atoms with van der Waals surface area (Å²) in [5.41, 5.74) is 1.07. The van der Waals surface area contributed by atoms with Gasteiger partial charge in [0, 0.05) is 10.5 Å². The van der Waals surface area contributed by atoms with Gasteiger partial charge >= 0.3 is 6.09 Å². The molecule has 25 heavy (non-hydrogen) atoms. The van der Waals surface area contributed by atoms with Gasteiger partial charge < -0.3 is 9.47 Å². The topological polar surface area (TPSA) is 47.6 Å². The number of hydrogen-bond acceptors (Lipinski definition) is 4. The fourth-order valence-electron chi connectivity index (χ4n) is 2.74. The van der Waals surface area contributed by atoms with Gasteiger partial charge in [-0.25, -0.2) is 4.79 Å². The van der Waals surface area contributed by atoms with Gasteiger partial charge in [0.05, 0.1) is 12.3 Å². The van der Waals surface area contributed by atoms with Gasteiger partial charge in [-0.1, -0.05) is 18.2 Å². The molecule has 132 valence electrons. The summed E-state index contributed by atoms with van der Waals surface area (Å²) in [5.74, 6) is 1.90. The zero-order chi connectivity index (χ0) is 17.7. The molecule has 0 atom stereocenters. The first-order valence-electron chi connectivity index (χ1n) is 8.50. The van der Waals surface area contributed by atoms with Gasteiger partial charge in [-0.15, -0.1) is 11.8 Å². The summed E-state index contributed by atoms with van der Waals surface area (Å²) >= 11 is 1.87. The van der Waals surface area contributed by atoms with Gasteiger partial charge in [-0.05, 0) is 62.8 Å². The second kappa shape index (κ2) is 7.83. The summed E-state index contributed by atoms with van der Waals surface area (Å²) in [4.78, 5) is 12.8. The highest BCUT2D eigenvalue weighted by Gasteiger charge is 2.33. The molecule has 0 saturated heterocycles. The first kappa shape index (κ1) is 17.7. The van der Waals surface area contributed by atoms with Crippen LogP contribution in [0.1, 0.15) is 32.3 Å². The van der Waals surface area contributed by atoms with Crippen molar-refractivity contribution in [3.8, 4) is 5.75 Å². The van der Waals surface area contributed by atoms with E-state index >= 15 is 0 Å². The van der Waals surface area contributed by atoms with Crippen LogP contribution in [0.25, 0.3) is 0 Å². The van der Waals surface area contributed by atoms with Crippen LogP contribution in [-0.2, 0) is 10.3 Å². The Morgan fingerprint density at radius 3 is 2.72 bits per heavy atom. The van der Waals surface area contributed by atoms with Crippen LogP contribution in [0, 0.1) is 0 Å². The number of thioether (sulfide) groups is 1. The van der Waals surface area contributed by atoms with Crippen molar-refractivity contribution in [3.63, 3.8) is 0 Å². The molecule has 0 radical (unpaired) electrons. The average molecular weight is 357 g/mol. The predicted octanol–water partition coefficient (Wildman–Crippen LogP) is 5.44. The van der Waals surface area contributed by atoms with E-state index in [-0.39, 0.29) is 0 Å². The minimum absolute atomic E-state index is 0.415. The molecule has 0 aromatic heterocycles. The van der Waals surface area contributed by atoms with Crippen LogP contribution in [0.2, 0.25) is 0 Å². The summed E-state index contributed by atoms with van der Waals surface area (Å²) in [7, 11) is 0. The highest BCUT2D eigenvalue weighted by molar-refractivity contribution is 7.99. The molecule has 1 heterocycles. The second-order valence-electron chi connectivity index (χ2n) is 6.45. The molecule has 3 rings (SSSR count). The summed E-state index contributed by atoms with van der Waals surface area (Å²) in [6.07, 6.45) is 1.70. The van der Waals surface area contributed by atoms with Crippen LogP contribution >= 0.6 is 11.8 Å². The Balaban J connectivity index is 1.45. The van der Waals surface area contributed by atoms with E-state index in [4.69, 9.17) is 9.47 Å². The quantitative estimate of drug-likeness (QED) is 0.530. The third kappa shape index (κ3) is 4.69. The van der Waals surface area contributed by atoms with Crippen LogP contribution in [-0.4, -0.2) is 18.5 Å². The van der Waals surface area contributed by atoms with Gasteiger partial charge in [-0.2, -0.15) is 0 Å². The number of carbonyl (C=O) groups excluding carboxylic acids is 1. The Morgan fingerprint density at radius 1 is 1.12 bits per heavy atom. The van der Waals surface area contributed by atoms with Crippen molar-refractivity contribution in [2.45, 2.75) is 37.2 Å². The Hall–Kier alpha value is -2.14. The molecular weight excluding hydrogens is 334 g/mol. The number of rotatable bonds is 7. The SMILES string of the molecule is CC1(C)OC(=O)Nc2ccc(OCCCCSc3ccccc3)cc21. The fourth-order valence-corrected chi connectivity index (χ4v) is 3.68. The normalized spacial score (nSPS) is 15.0. The Bertz CT molecular complexity index is 731. The van der Waals surface area contributed by atoms with Gasteiger partial charge in [0.25, 0.3) is 0 Å². The molecule has 1 aliphatic heterocycles. The maximum absolute atomic E-state index is 11.5. The van der Waals surface area contributed by atoms with E-state index < -0.39 is 11.7 Å². The largest absolute Gasteiger partial charge is 0.494 e. The highest BCUT2D eigenvalue weighted by atomic mass is 32.2. The maximum Gasteiger partial charge on any atom is 0.412 e. The van der Waals surface area contributed by atoms with E-state index in [0.717, 1.165) is 35.6 Å². The lowest BCUT2D eigenvalue weighted by molar-refractivity contribution is 0.0418. The summed E-state index contributed by atoms with van der Waals surface area (Å²) in [6.45, 7) is 4.45. The number of nitrogens with one attached hydrogen (secondary N) is 1. The monoisotopic (exact) mass is 357 g/mol. The number of benzene rings is 2. The van der Waals surface area contributed by atoms with Gasteiger partial charge in [-0.3, -0.25) is 5.32 Å². The third-order valence-electron chi connectivity index (χ3n) is 4.04. The van der Waals surface area contributed by atoms with Gasteiger partial charge in [0.15, 0.2) is 0 Å². The number of anilines is 1. The van der Waals surface area contributed by atoms with E-state index in [9.17, 15) is 4.79 Å². The van der Waals surface area contributed by atoms with Crippen LogP contribution in [0.5, 0.6) is 5.75 Å². The zero-order valence-corrected chi connectivity index (χ0v) is 15.4. The van der Waals surface area contributed by atoms with E-state index in [1.165, 1.54) is 4.90 Å². The minimum atomic E-state index is -0.649. The molecule has 1 amide bonds. The first-order chi connectivity index (χ1) is 12.0. The third-order valence-corrected chi connectivity index (χ3v) is 5.14. The Labute approximate surface area is 152 Å². The Kier molecular flexibility index (Phi) is 5.53. The molecule has 0 bridgehead atoms. The van der Waals surface area contributed by atoms with E-state index in [0.29, 0.717) is 6.61 Å². The highest BCUT2D eigenvalue weighted by Crippen LogP contribution is 2.37. The number of amides is 1. The molecule has 2 aromatic carbocycles. The van der Waals surface area contributed by atoms with Crippen molar-refractivity contribution < 1.29 is 14.3 Å². The number of cyclic esters (lactones) is 1. The van der Waals surface area contributed by atoms with Crippen molar-refractivity contribution in [1.29, 1.82) is 0 Å². The molecule has 4 nitrogen and oxygen atoms in total. The maximum atomic E-state index is 11.5. The number of fused-ring (bicyclic) bond motifs is 1. The standard InChI is InChI=1S/C20H23NO3S/c1-20(2)17-14-15(10-11-18(17)21-19(22)24-20)23-12-6-7-13-25-16-8-4-3-5-9-16/h3-5,8-11,14H,6-7,12-13H2,1-2H3,(H,21,22). The molecule has 0 aliphatic carbocycles. The molecule has 1 aliphatic rings. The molecule has 0 spiro atoms. The van der Waals surface area contributed by atoms with Crippen LogP contribution in [0.3, 0.4) is 0 Å². The Morgan fingerprint density at radius 2 is 1.92 bits per heavy atom. The molecule has 2 aromatic rings. The minimum Gasteiger partial charge on any atom is -0.494 e. The fraction of sp³-hybridized carbons (Fsp3) is 0.350. The lowest BCUT2D eigenvalue weighted by atomic mass is 9.94. The molecule has 0 unspecified atom stereocenters. The predicted molar refractivity (Wildman–Crippen MR) is 101 cm³/mol. The number of unbranched alkanes of at least 4 members (excludes halogenated alkanes) is 1. The number of ether oxygens (including phenoxy) is 2. The molecule has 5 heteroatoms. The first-order valence-corrected chi connectivity index (χ1v) is 9.48. The zero-order valence-electron chi connectivity index (χ0n) is 14.6. The van der Waals surface area contributed by atoms with Crippen molar-refractivity contribution in [1.82, 2.24) is 0 Å². The lowest BCUT2D eigenvalue weighted by Crippen LogP contribution is -2.34. The van der Waals surface area contributed by atoms with Gasteiger partial charge in [0.2, 0.25) is 0 Å². The summed E-state index contributed by atoms with van der Waals surface area (Å²) < 4.78 is 11.2. The van der Waals surface area contributed by atoms with Crippen molar-refractivity contribution >= 4 is 23.5 Å². The molecular formula is C20H23NO3S. The molecule has 1 N–H and O–H groups in total. The molecule has 0 fully saturated rings. The van der Waals surface area contributed by atoms with Crippen molar-refractivity contribution in [3.05, 3.63) is 54.1 Å². The average Bonchev–Trinajstić information content (AvgIpc) is 2.58. The van der Waals surface area contributed by atoms with Gasteiger partial charge in [0.1, 0.15) is 11.4 Å². The summed E-state index contributed by atoms with van der Waals surface area (Å²) in [5, 5.41) is 2.72. The van der Waals surface area contributed by atoms with Crippen LogP contribution in [0.4, 0.5) is 10.5 Å². The van der Waals surface area contributed by atoms with Crippen LogP contribution < -0.4 is 10.1 Å². The van der Waals surface area contributed by atoms with Crippen molar-refractivity contribution in [2.24, 2.45) is 0 Å². The lowest BCUT2D eigenvalue weighted by Gasteiger charge is -2.32. The number of carbonyl (C=O) groups is 1.